The van der Waals surface area contributed by atoms with E-state index in [1.807, 2.05) is 36.7 Å². The van der Waals surface area contributed by atoms with Crippen molar-refractivity contribution in [3.05, 3.63) is 58.8 Å². The average Bonchev–Trinajstić information content (AvgIpc) is 3.43. The molecule has 9 nitrogen and oxygen atoms in total. The molecule has 1 unspecified atom stereocenters. The third kappa shape index (κ3) is 4.44. The number of nitrogens with one attached hydrogen (secondary N) is 1. The Morgan fingerprint density at radius 2 is 2.00 bits per heavy atom. The molecule has 176 valence electrons. The van der Waals surface area contributed by atoms with Gasteiger partial charge in [-0.2, -0.15) is 5.26 Å². The molecule has 0 amide bonds. The van der Waals surface area contributed by atoms with Crippen molar-refractivity contribution < 1.29 is 4.74 Å². The predicted octanol–water partition coefficient (Wildman–Crippen LogP) is 4.31. The van der Waals surface area contributed by atoms with Gasteiger partial charge in [0.1, 0.15) is 34.4 Å². The molecule has 1 fully saturated rings. The number of piperidine rings is 1. The molecule has 1 saturated heterocycles. The van der Waals surface area contributed by atoms with Gasteiger partial charge < -0.3 is 10.1 Å². The first-order valence-corrected chi connectivity index (χ1v) is 11.3. The van der Waals surface area contributed by atoms with Gasteiger partial charge in [0, 0.05) is 23.4 Å². The Morgan fingerprint density at radius 3 is 2.71 bits per heavy atom. The van der Waals surface area contributed by atoms with Gasteiger partial charge in [0.2, 0.25) is 5.88 Å². The van der Waals surface area contributed by atoms with E-state index in [2.05, 4.69) is 31.7 Å². The Hall–Kier alpha value is -3.19. The van der Waals surface area contributed by atoms with E-state index in [0.717, 1.165) is 48.4 Å². The van der Waals surface area contributed by atoms with Crippen LogP contribution < -0.4 is 10.1 Å². The summed E-state index contributed by atoms with van der Waals surface area (Å²) < 4.78 is 10.0. The number of ether oxygens (including phenoxy) is 1. The zero-order valence-electron chi connectivity index (χ0n) is 18.8. The molecule has 1 atom stereocenters. The van der Waals surface area contributed by atoms with Crippen molar-refractivity contribution in [1.82, 2.24) is 34.7 Å². The number of rotatable bonds is 5. The Balaban J connectivity index is 0.00000274. The summed E-state index contributed by atoms with van der Waals surface area (Å²) in [6.07, 6.45) is 4.94. The molecule has 1 N–H and O–H groups in total. The molecule has 0 aromatic carbocycles. The van der Waals surface area contributed by atoms with Crippen LogP contribution in [0.5, 0.6) is 5.88 Å². The van der Waals surface area contributed by atoms with Crippen molar-refractivity contribution >= 4 is 29.7 Å². The minimum Gasteiger partial charge on any atom is -0.471 e. The molecule has 4 aromatic rings. The number of pyridine rings is 2. The van der Waals surface area contributed by atoms with Crippen LogP contribution in [0.15, 0.2) is 36.7 Å². The average molecular weight is 499 g/mol. The number of hydrogen-bond acceptors (Lipinski definition) is 7. The summed E-state index contributed by atoms with van der Waals surface area (Å²) in [5.74, 6) is 0.495. The largest absolute Gasteiger partial charge is 0.471 e. The summed E-state index contributed by atoms with van der Waals surface area (Å²) in [4.78, 5) is 8.56. The number of hydrogen-bond donors (Lipinski definition) is 1. The standard InChI is InChI=1S/C23H23ClN8O.ClH/c1-14-23(29-30-32(14)18-5-7-26-8-6-18)17-9-21-28-13-19(11-25)31(21)22(10-17)33-15(2)16-3-4-20(24)27-12-16;/h3-4,9-10,12-13,15,18,26H,5-8H2,1-2H3;1H. The molecule has 1 aliphatic heterocycles. The predicted molar refractivity (Wildman–Crippen MR) is 130 cm³/mol. The Morgan fingerprint density at radius 1 is 1.21 bits per heavy atom. The summed E-state index contributed by atoms with van der Waals surface area (Å²) in [6, 6.07) is 9.91. The number of halogens is 2. The quantitative estimate of drug-likeness (QED) is 0.408. The first-order valence-electron chi connectivity index (χ1n) is 10.9. The number of nitrogens with zero attached hydrogens (tertiary/aromatic N) is 7. The second-order valence-electron chi connectivity index (χ2n) is 8.15. The molecule has 0 bridgehead atoms. The normalized spacial score (nSPS) is 15.0. The minimum absolute atomic E-state index is 0. The third-order valence-corrected chi connectivity index (χ3v) is 6.28. The molecule has 11 heteroatoms. The molecule has 0 radical (unpaired) electrons. The van der Waals surface area contributed by atoms with Crippen LogP contribution in [0.1, 0.15) is 48.9 Å². The molecule has 5 rings (SSSR count). The van der Waals surface area contributed by atoms with E-state index in [-0.39, 0.29) is 18.5 Å². The lowest BCUT2D eigenvalue weighted by molar-refractivity contribution is 0.214. The number of fused-ring (bicyclic) bond motifs is 1. The molecular formula is C23H24Cl2N8O. The van der Waals surface area contributed by atoms with E-state index in [4.69, 9.17) is 16.3 Å². The van der Waals surface area contributed by atoms with E-state index in [9.17, 15) is 5.26 Å². The van der Waals surface area contributed by atoms with Gasteiger partial charge in [0.15, 0.2) is 0 Å². The second kappa shape index (κ2) is 9.97. The van der Waals surface area contributed by atoms with Crippen LogP contribution >= 0.6 is 24.0 Å². The van der Waals surface area contributed by atoms with Gasteiger partial charge in [0.25, 0.3) is 0 Å². The Kier molecular flexibility index (Phi) is 7.03. The maximum Gasteiger partial charge on any atom is 0.201 e. The van der Waals surface area contributed by atoms with Gasteiger partial charge in [-0.15, -0.1) is 17.5 Å². The lowest BCUT2D eigenvalue weighted by Crippen LogP contribution is -2.30. The highest BCUT2D eigenvalue weighted by molar-refractivity contribution is 6.29. The van der Waals surface area contributed by atoms with Crippen molar-refractivity contribution in [3.63, 3.8) is 0 Å². The minimum atomic E-state index is -0.325. The molecule has 1 aliphatic rings. The van der Waals surface area contributed by atoms with Crippen LogP contribution in [-0.2, 0) is 0 Å². The molecule has 0 spiro atoms. The fraction of sp³-hybridized carbons (Fsp3) is 0.348. The van der Waals surface area contributed by atoms with Crippen LogP contribution in [0, 0.1) is 18.3 Å². The van der Waals surface area contributed by atoms with E-state index >= 15 is 0 Å². The highest BCUT2D eigenvalue weighted by Crippen LogP contribution is 2.32. The molecule has 34 heavy (non-hydrogen) atoms. The zero-order valence-corrected chi connectivity index (χ0v) is 20.3. The van der Waals surface area contributed by atoms with Crippen molar-refractivity contribution in [2.45, 2.75) is 38.8 Å². The van der Waals surface area contributed by atoms with E-state index in [1.54, 1.807) is 22.9 Å². The smallest absolute Gasteiger partial charge is 0.201 e. The summed E-state index contributed by atoms with van der Waals surface area (Å²) in [7, 11) is 0. The lowest BCUT2D eigenvalue weighted by Gasteiger charge is -2.23. The van der Waals surface area contributed by atoms with E-state index in [0.29, 0.717) is 28.4 Å². The highest BCUT2D eigenvalue weighted by Gasteiger charge is 2.22. The van der Waals surface area contributed by atoms with Crippen molar-refractivity contribution in [1.29, 1.82) is 5.26 Å². The van der Waals surface area contributed by atoms with Crippen molar-refractivity contribution in [2.24, 2.45) is 0 Å². The van der Waals surface area contributed by atoms with Gasteiger partial charge in [0.05, 0.1) is 17.9 Å². The highest BCUT2D eigenvalue weighted by atomic mass is 35.5. The SMILES string of the molecule is Cc1c(-c2cc(OC(C)c3ccc(Cl)nc3)n3c(C#N)cnc3c2)nnn1C1CCNCC1.Cl. The van der Waals surface area contributed by atoms with Crippen LogP contribution in [0.2, 0.25) is 5.15 Å². The lowest BCUT2D eigenvalue weighted by atomic mass is 10.1. The van der Waals surface area contributed by atoms with Crippen LogP contribution in [0.4, 0.5) is 0 Å². The van der Waals surface area contributed by atoms with Crippen molar-refractivity contribution in [2.75, 3.05) is 13.1 Å². The summed E-state index contributed by atoms with van der Waals surface area (Å²) in [6.45, 7) is 5.92. The summed E-state index contributed by atoms with van der Waals surface area (Å²) >= 11 is 5.92. The second-order valence-corrected chi connectivity index (χ2v) is 8.54. The van der Waals surface area contributed by atoms with Crippen molar-refractivity contribution in [3.8, 4) is 23.2 Å². The van der Waals surface area contributed by atoms with Crippen LogP contribution in [0.25, 0.3) is 16.9 Å². The summed E-state index contributed by atoms with van der Waals surface area (Å²) in [5.41, 5.74) is 4.48. The topological polar surface area (TPSA) is 106 Å². The molecule has 4 aromatic heterocycles. The fourth-order valence-corrected chi connectivity index (χ4v) is 4.37. The van der Waals surface area contributed by atoms with E-state index < -0.39 is 0 Å². The van der Waals surface area contributed by atoms with Gasteiger partial charge in [-0.1, -0.05) is 22.9 Å². The number of nitriles is 1. The van der Waals surface area contributed by atoms with Crippen LogP contribution in [0.3, 0.4) is 0 Å². The Bertz CT molecular complexity index is 1340. The number of aromatic nitrogens is 6. The van der Waals surface area contributed by atoms with Gasteiger partial charge in [-0.25, -0.2) is 14.6 Å². The molecule has 5 heterocycles. The first kappa shape index (κ1) is 24.0. The number of imidazole rings is 1. The van der Waals surface area contributed by atoms with E-state index in [1.165, 1.54) is 0 Å². The first-order chi connectivity index (χ1) is 16.0. The zero-order chi connectivity index (χ0) is 22.9. The van der Waals surface area contributed by atoms with Gasteiger partial charge >= 0.3 is 0 Å². The van der Waals surface area contributed by atoms with Gasteiger partial charge in [-0.05, 0) is 51.9 Å². The third-order valence-electron chi connectivity index (χ3n) is 6.06. The van der Waals surface area contributed by atoms with Gasteiger partial charge in [-0.3, -0.25) is 4.40 Å². The fourth-order valence-electron chi connectivity index (χ4n) is 4.26. The summed E-state index contributed by atoms with van der Waals surface area (Å²) in [5, 5.41) is 22.3. The maximum atomic E-state index is 9.59. The molecule has 0 saturated carbocycles. The molecule has 0 aliphatic carbocycles. The molecular weight excluding hydrogens is 475 g/mol. The monoisotopic (exact) mass is 498 g/mol. The Labute approximate surface area is 208 Å². The maximum absolute atomic E-state index is 9.59. The van der Waals surface area contributed by atoms with Crippen LogP contribution in [-0.4, -0.2) is 42.5 Å².